The second-order valence-corrected chi connectivity index (χ2v) is 7.85. The van der Waals surface area contributed by atoms with Gasteiger partial charge in [-0.1, -0.05) is 0 Å². The highest BCUT2D eigenvalue weighted by atomic mass is 35.5. The number of aliphatic imine (C=N–C) groups is 2. The standard InChI is InChI=1S/C28H32N6O2.ClH/c1-5-31-25(29-3)19-11-15-23(16-12-19)33-27(35)21-7-9-22(10-8-21)28(36)34-24-17-13-20(14-18-24)26(30-4)32-6-2;/h7-18H,5-6H2,1-4H3,(H,29,31)(H,30,32)(H,33,35)(H,34,36);1H. The quantitative estimate of drug-likeness (QED) is 0.257. The third-order valence-electron chi connectivity index (χ3n) is 5.38. The summed E-state index contributed by atoms with van der Waals surface area (Å²) in [7, 11) is 3.47. The zero-order valence-electron chi connectivity index (χ0n) is 21.5. The number of anilines is 2. The summed E-state index contributed by atoms with van der Waals surface area (Å²) in [4.78, 5) is 33.8. The van der Waals surface area contributed by atoms with Crippen LogP contribution in [0.3, 0.4) is 0 Å². The summed E-state index contributed by atoms with van der Waals surface area (Å²) in [6, 6.07) is 21.5. The Kier molecular flexibility index (Phi) is 11.3. The van der Waals surface area contributed by atoms with Crippen molar-refractivity contribution >= 4 is 47.3 Å². The van der Waals surface area contributed by atoms with Crippen molar-refractivity contribution in [2.75, 3.05) is 37.8 Å². The summed E-state index contributed by atoms with van der Waals surface area (Å²) in [6.07, 6.45) is 0. The molecule has 0 spiro atoms. The van der Waals surface area contributed by atoms with Gasteiger partial charge in [-0.05, 0) is 86.6 Å². The average molecular weight is 521 g/mol. The van der Waals surface area contributed by atoms with Crippen LogP contribution >= 0.6 is 12.4 Å². The highest BCUT2D eigenvalue weighted by Crippen LogP contribution is 2.15. The van der Waals surface area contributed by atoms with Crippen LogP contribution in [0.5, 0.6) is 0 Å². The summed E-state index contributed by atoms with van der Waals surface area (Å²) in [5, 5.41) is 12.2. The summed E-state index contributed by atoms with van der Waals surface area (Å²) in [6.45, 7) is 5.57. The van der Waals surface area contributed by atoms with Crippen LogP contribution < -0.4 is 21.3 Å². The Morgan fingerprint density at radius 2 is 0.865 bits per heavy atom. The Balaban J connectivity index is 0.00000481. The predicted molar refractivity (Wildman–Crippen MR) is 155 cm³/mol. The van der Waals surface area contributed by atoms with Gasteiger partial charge in [-0.2, -0.15) is 0 Å². The zero-order valence-corrected chi connectivity index (χ0v) is 22.3. The molecular weight excluding hydrogens is 488 g/mol. The lowest BCUT2D eigenvalue weighted by molar-refractivity contribution is 0.101. The van der Waals surface area contributed by atoms with Gasteiger partial charge in [-0.15, -0.1) is 12.4 Å². The maximum atomic E-state index is 12.7. The number of hydrogen-bond donors (Lipinski definition) is 4. The predicted octanol–water partition coefficient (Wildman–Crippen LogP) is 4.58. The van der Waals surface area contributed by atoms with E-state index in [2.05, 4.69) is 31.3 Å². The summed E-state index contributed by atoms with van der Waals surface area (Å²) >= 11 is 0. The SMILES string of the molecule is CCNC(=NC)c1ccc(NC(=O)c2ccc(C(=O)Nc3ccc(C(=NC)NCC)cc3)cc2)cc1.Cl. The second kappa shape index (κ2) is 14.4. The molecule has 4 N–H and O–H groups in total. The minimum absolute atomic E-state index is 0. The maximum absolute atomic E-state index is 12.7. The molecule has 3 rings (SSSR count). The summed E-state index contributed by atoms with van der Waals surface area (Å²) in [5.41, 5.74) is 4.15. The minimum atomic E-state index is -0.254. The van der Waals surface area contributed by atoms with Gasteiger partial charge < -0.3 is 21.3 Å². The normalized spacial score (nSPS) is 11.2. The highest BCUT2D eigenvalue weighted by Gasteiger charge is 2.11. The second-order valence-electron chi connectivity index (χ2n) is 7.85. The highest BCUT2D eigenvalue weighted by molar-refractivity contribution is 6.07. The molecule has 8 nitrogen and oxygen atoms in total. The molecular formula is C28H33ClN6O2. The molecule has 0 saturated carbocycles. The number of halogens is 1. The van der Waals surface area contributed by atoms with Crippen LogP contribution in [-0.4, -0.2) is 50.7 Å². The summed E-state index contributed by atoms with van der Waals surface area (Å²) < 4.78 is 0. The number of carbonyl (C=O) groups is 2. The third-order valence-corrected chi connectivity index (χ3v) is 5.38. The number of rotatable bonds is 8. The molecule has 0 aliphatic carbocycles. The molecule has 0 unspecified atom stereocenters. The van der Waals surface area contributed by atoms with Crippen molar-refractivity contribution in [1.29, 1.82) is 0 Å². The van der Waals surface area contributed by atoms with Crippen molar-refractivity contribution in [1.82, 2.24) is 10.6 Å². The molecule has 0 fully saturated rings. The van der Waals surface area contributed by atoms with Crippen LogP contribution in [0, 0.1) is 0 Å². The first-order valence-electron chi connectivity index (χ1n) is 11.8. The first-order chi connectivity index (χ1) is 17.5. The monoisotopic (exact) mass is 520 g/mol. The van der Waals surface area contributed by atoms with E-state index in [0.717, 1.165) is 35.9 Å². The number of amidine groups is 2. The first-order valence-corrected chi connectivity index (χ1v) is 11.8. The van der Waals surface area contributed by atoms with E-state index in [4.69, 9.17) is 0 Å². The van der Waals surface area contributed by atoms with Crippen molar-refractivity contribution in [3.8, 4) is 0 Å². The van der Waals surface area contributed by atoms with Crippen molar-refractivity contribution in [3.05, 3.63) is 95.1 Å². The molecule has 0 aliphatic heterocycles. The number of carbonyl (C=O) groups excluding carboxylic acids is 2. The molecule has 194 valence electrons. The Morgan fingerprint density at radius 1 is 0.568 bits per heavy atom. The largest absolute Gasteiger partial charge is 0.370 e. The molecule has 9 heteroatoms. The van der Waals surface area contributed by atoms with Crippen LogP contribution in [0.4, 0.5) is 11.4 Å². The van der Waals surface area contributed by atoms with Gasteiger partial charge in [-0.3, -0.25) is 19.6 Å². The minimum Gasteiger partial charge on any atom is -0.370 e. The van der Waals surface area contributed by atoms with E-state index in [1.165, 1.54) is 0 Å². The topological polar surface area (TPSA) is 107 Å². The van der Waals surface area contributed by atoms with Crippen molar-refractivity contribution in [3.63, 3.8) is 0 Å². The Hall–Kier alpha value is -4.17. The van der Waals surface area contributed by atoms with Gasteiger partial charge in [0.15, 0.2) is 0 Å². The molecule has 3 aromatic carbocycles. The van der Waals surface area contributed by atoms with Gasteiger partial charge in [0.2, 0.25) is 0 Å². The van der Waals surface area contributed by atoms with Crippen LogP contribution in [0.1, 0.15) is 45.7 Å². The maximum Gasteiger partial charge on any atom is 0.255 e. The molecule has 0 atom stereocenters. The van der Waals surface area contributed by atoms with E-state index < -0.39 is 0 Å². The lowest BCUT2D eigenvalue weighted by Gasteiger charge is -2.10. The number of amides is 2. The molecule has 3 aromatic rings. The van der Waals surface area contributed by atoms with Crippen LogP contribution in [0.15, 0.2) is 82.8 Å². The van der Waals surface area contributed by atoms with Gasteiger partial charge in [0.25, 0.3) is 11.8 Å². The van der Waals surface area contributed by atoms with Crippen molar-refractivity contribution in [2.45, 2.75) is 13.8 Å². The Bertz CT molecular complexity index is 1140. The number of nitrogens with one attached hydrogen (secondary N) is 4. The van der Waals surface area contributed by atoms with E-state index in [-0.39, 0.29) is 24.2 Å². The van der Waals surface area contributed by atoms with Gasteiger partial charge in [0.1, 0.15) is 11.7 Å². The average Bonchev–Trinajstić information content (AvgIpc) is 2.91. The van der Waals surface area contributed by atoms with Gasteiger partial charge >= 0.3 is 0 Å². The van der Waals surface area contributed by atoms with Gasteiger partial charge in [0.05, 0.1) is 0 Å². The molecule has 0 saturated heterocycles. The summed E-state index contributed by atoms with van der Waals surface area (Å²) in [5.74, 6) is 1.09. The van der Waals surface area contributed by atoms with E-state index in [9.17, 15) is 9.59 Å². The number of benzene rings is 3. The Labute approximate surface area is 224 Å². The first kappa shape index (κ1) is 29.1. The fraction of sp³-hybridized carbons (Fsp3) is 0.214. The molecule has 0 radical (unpaired) electrons. The molecule has 0 aliphatic rings. The third kappa shape index (κ3) is 7.91. The van der Waals surface area contributed by atoms with E-state index in [1.807, 2.05) is 62.4 Å². The van der Waals surface area contributed by atoms with Crippen LogP contribution in [-0.2, 0) is 0 Å². The number of nitrogens with zero attached hydrogens (tertiary/aromatic N) is 2. The van der Waals surface area contributed by atoms with E-state index in [1.54, 1.807) is 38.4 Å². The van der Waals surface area contributed by atoms with E-state index >= 15 is 0 Å². The molecule has 37 heavy (non-hydrogen) atoms. The fourth-order valence-corrected chi connectivity index (χ4v) is 3.56. The van der Waals surface area contributed by atoms with E-state index in [0.29, 0.717) is 22.5 Å². The number of hydrogen-bond acceptors (Lipinski definition) is 4. The Morgan fingerprint density at radius 3 is 1.14 bits per heavy atom. The fourth-order valence-electron chi connectivity index (χ4n) is 3.56. The van der Waals surface area contributed by atoms with Gasteiger partial charge in [0, 0.05) is 60.8 Å². The van der Waals surface area contributed by atoms with Crippen molar-refractivity contribution < 1.29 is 9.59 Å². The molecule has 0 aromatic heterocycles. The van der Waals surface area contributed by atoms with Crippen LogP contribution in [0.25, 0.3) is 0 Å². The molecule has 0 bridgehead atoms. The lowest BCUT2D eigenvalue weighted by Crippen LogP contribution is -2.23. The van der Waals surface area contributed by atoms with Gasteiger partial charge in [-0.25, -0.2) is 0 Å². The molecule has 2 amide bonds. The lowest BCUT2D eigenvalue weighted by atomic mass is 10.1. The van der Waals surface area contributed by atoms with Crippen LogP contribution in [0.2, 0.25) is 0 Å². The van der Waals surface area contributed by atoms with Crippen molar-refractivity contribution in [2.24, 2.45) is 9.98 Å². The molecule has 0 heterocycles. The zero-order chi connectivity index (χ0) is 25.9. The smallest absolute Gasteiger partial charge is 0.255 e.